The number of para-hydroxylation sites is 7. The third-order valence-electron chi connectivity index (χ3n) is 17.4. The van der Waals surface area contributed by atoms with Crippen LogP contribution in [0.4, 0.5) is 0 Å². The Morgan fingerprint density at radius 2 is 0.614 bits per heavy atom. The minimum Gasteiger partial charge on any atom is -0.309 e. The van der Waals surface area contributed by atoms with Gasteiger partial charge in [0.05, 0.1) is 66.9 Å². The molecule has 12 aromatic carbocycles. The molecule has 0 radical (unpaired) electrons. The van der Waals surface area contributed by atoms with Crippen LogP contribution in [0.3, 0.4) is 0 Å². The minimum atomic E-state index is 0.547. The Morgan fingerprint density at radius 3 is 1.19 bits per heavy atom. The summed E-state index contributed by atoms with van der Waals surface area (Å²) in [6.45, 7) is 0. The highest BCUT2D eigenvalue weighted by atomic mass is 15.2. The molecule has 0 aliphatic heterocycles. The first-order valence-electron chi connectivity index (χ1n) is 29.7. The van der Waals surface area contributed by atoms with Crippen molar-refractivity contribution in [2.24, 2.45) is 0 Å². The maximum atomic E-state index is 5.71. The Hall–Kier alpha value is -12.1. The average Bonchev–Trinajstić information content (AvgIpc) is 1.78. The molecule has 0 aliphatic rings. The van der Waals surface area contributed by atoms with Gasteiger partial charge in [0.1, 0.15) is 0 Å². The van der Waals surface area contributed by atoms with E-state index in [1.54, 1.807) is 0 Å². The van der Waals surface area contributed by atoms with Crippen molar-refractivity contribution < 1.29 is 0 Å². The summed E-state index contributed by atoms with van der Waals surface area (Å²) >= 11 is 0. The Morgan fingerprint density at radius 1 is 0.216 bits per heavy atom. The molecule has 0 amide bonds. The van der Waals surface area contributed by atoms with E-state index in [1.165, 1.54) is 27.1 Å². The second-order valence-corrected chi connectivity index (χ2v) is 22.4. The van der Waals surface area contributed by atoms with Gasteiger partial charge in [-0.05, 0) is 84.9 Å². The van der Waals surface area contributed by atoms with Crippen molar-refractivity contribution in [1.82, 2.24) is 43.2 Å². The fourth-order valence-corrected chi connectivity index (χ4v) is 13.6. The fraction of sp³-hybridized carbons (Fsp3) is 0. The zero-order chi connectivity index (χ0) is 57.8. The van der Waals surface area contributed by atoms with Gasteiger partial charge in [0.2, 0.25) is 5.95 Å². The van der Waals surface area contributed by atoms with Crippen LogP contribution >= 0.6 is 0 Å². The predicted molar refractivity (Wildman–Crippen MR) is 360 cm³/mol. The van der Waals surface area contributed by atoms with Gasteiger partial charge >= 0.3 is 0 Å². The van der Waals surface area contributed by atoms with Gasteiger partial charge in [0.15, 0.2) is 17.5 Å². The first kappa shape index (κ1) is 49.4. The molecule has 0 aliphatic carbocycles. The van der Waals surface area contributed by atoms with Crippen LogP contribution in [-0.4, -0.2) is 43.2 Å². The normalized spacial score (nSPS) is 11.9. The Bertz CT molecular complexity index is 5740. The van der Waals surface area contributed by atoms with Crippen molar-refractivity contribution in [1.29, 1.82) is 0 Å². The highest BCUT2D eigenvalue weighted by molar-refractivity contribution is 6.29. The van der Waals surface area contributed by atoms with E-state index < -0.39 is 0 Å². The van der Waals surface area contributed by atoms with Crippen LogP contribution in [0.5, 0.6) is 0 Å². The molecular formula is C79H49N9. The molecule has 0 N–H and O–H groups in total. The molecule has 0 unspecified atom stereocenters. The second-order valence-electron chi connectivity index (χ2n) is 22.4. The first-order chi connectivity index (χ1) is 43.7. The summed E-state index contributed by atoms with van der Waals surface area (Å²) in [5.74, 6) is 2.38. The molecule has 410 valence electrons. The highest BCUT2D eigenvalue weighted by Gasteiger charge is 2.26. The standard InChI is InChI=1S/C79H49N9/c1-5-25-50(26-6-1)62-49-63(81-78(80-62)59-38-18-24-44-69(59)86-68-43-23-17-37-58(68)75-71(86)46-45-70-74(75)57-36-16-22-42-67(57)85(70)53-31-11-4-12-32-53)56-35-15-21-41-66(56)87-64-39-19-13-33-54(64)60-48-73-61(47-72(60)87)55-34-14-20-40-65(55)88(73)79-83-76(51-27-7-2-8-28-51)82-77(84-79)52-29-9-3-10-30-52/h1-49H. The van der Waals surface area contributed by atoms with Crippen LogP contribution in [0.25, 0.3) is 167 Å². The molecule has 88 heavy (non-hydrogen) atoms. The zero-order valence-electron chi connectivity index (χ0n) is 47.3. The molecule has 9 nitrogen and oxygen atoms in total. The molecular weight excluding hydrogens is 1070 g/mol. The number of aromatic nitrogens is 9. The number of fused-ring (bicyclic) bond motifs is 13. The van der Waals surface area contributed by atoms with Crippen LogP contribution in [0.15, 0.2) is 297 Å². The lowest BCUT2D eigenvalue weighted by Gasteiger charge is -2.17. The molecule has 0 spiro atoms. The SMILES string of the molecule is c1ccc(-c2cc(-c3ccccc3-n3c4ccccc4c4cc5c(cc43)c3ccccc3n5-c3nc(-c4ccccc4)nc(-c4ccccc4)n3)nc(-c3ccccc3-n3c4ccccc4c4c5c6ccccc6n(-c6ccccc6)c5ccc43)n2)cc1. The topological polar surface area (TPSA) is 84.2 Å². The molecule has 18 rings (SSSR count). The minimum absolute atomic E-state index is 0.547. The number of benzene rings is 12. The third-order valence-corrected chi connectivity index (χ3v) is 17.4. The molecule has 18 aromatic rings. The van der Waals surface area contributed by atoms with Crippen LogP contribution in [0.1, 0.15) is 0 Å². The van der Waals surface area contributed by atoms with Gasteiger partial charge in [-0.1, -0.05) is 212 Å². The van der Waals surface area contributed by atoms with Crippen molar-refractivity contribution in [2.75, 3.05) is 0 Å². The van der Waals surface area contributed by atoms with Gasteiger partial charge in [0, 0.05) is 76.6 Å². The van der Waals surface area contributed by atoms with Crippen molar-refractivity contribution in [3.8, 4) is 79.7 Å². The molecule has 0 fully saturated rings. The third kappa shape index (κ3) is 7.64. The van der Waals surface area contributed by atoms with E-state index in [4.69, 9.17) is 24.9 Å². The van der Waals surface area contributed by atoms with E-state index >= 15 is 0 Å². The van der Waals surface area contributed by atoms with E-state index in [0.29, 0.717) is 23.4 Å². The van der Waals surface area contributed by atoms with Gasteiger partial charge in [0.25, 0.3) is 0 Å². The maximum absolute atomic E-state index is 5.71. The summed E-state index contributed by atoms with van der Waals surface area (Å²) in [6.07, 6.45) is 0. The summed E-state index contributed by atoms with van der Waals surface area (Å²) in [6, 6.07) is 105. The summed E-state index contributed by atoms with van der Waals surface area (Å²) in [7, 11) is 0. The summed E-state index contributed by atoms with van der Waals surface area (Å²) < 4.78 is 9.44. The Labute approximate surface area is 504 Å². The molecule has 0 bridgehead atoms. The lowest BCUT2D eigenvalue weighted by Crippen LogP contribution is -2.06. The summed E-state index contributed by atoms with van der Waals surface area (Å²) in [5, 5.41) is 9.19. The molecule has 9 heteroatoms. The van der Waals surface area contributed by atoms with Gasteiger partial charge in [-0.25, -0.2) is 15.0 Å². The Balaban J connectivity index is 0.849. The van der Waals surface area contributed by atoms with E-state index in [1.807, 2.05) is 36.4 Å². The largest absolute Gasteiger partial charge is 0.309 e. The van der Waals surface area contributed by atoms with E-state index in [2.05, 4.69) is 279 Å². The van der Waals surface area contributed by atoms with Crippen LogP contribution in [-0.2, 0) is 0 Å². The lowest BCUT2D eigenvalue weighted by molar-refractivity contribution is 0.954. The highest BCUT2D eigenvalue weighted by Crippen LogP contribution is 2.46. The van der Waals surface area contributed by atoms with Crippen molar-refractivity contribution in [3.05, 3.63) is 297 Å². The summed E-state index contributed by atoms with van der Waals surface area (Å²) in [4.78, 5) is 26.8. The van der Waals surface area contributed by atoms with Gasteiger partial charge in [-0.3, -0.25) is 4.57 Å². The van der Waals surface area contributed by atoms with Crippen LogP contribution < -0.4 is 0 Å². The molecule has 6 heterocycles. The van der Waals surface area contributed by atoms with Crippen molar-refractivity contribution >= 4 is 87.2 Å². The second kappa shape index (κ2) is 19.8. The fourth-order valence-electron chi connectivity index (χ4n) is 13.6. The lowest BCUT2D eigenvalue weighted by atomic mass is 10.0. The Kier molecular flexibility index (Phi) is 11.1. The molecule has 0 atom stereocenters. The van der Waals surface area contributed by atoms with E-state index in [-0.39, 0.29) is 0 Å². The van der Waals surface area contributed by atoms with Crippen molar-refractivity contribution in [3.63, 3.8) is 0 Å². The molecule has 6 aromatic heterocycles. The monoisotopic (exact) mass is 1120 g/mol. The molecule has 0 saturated carbocycles. The number of hydrogen-bond acceptors (Lipinski definition) is 5. The van der Waals surface area contributed by atoms with Crippen LogP contribution in [0.2, 0.25) is 0 Å². The van der Waals surface area contributed by atoms with E-state index in [0.717, 1.165) is 116 Å². The van der Waals surface area contributed by atoms with Crippen molar-refractivity contribution in [2.45, 2.75) is 0 Å². The number of hydrogen-bond donors (Lipinski definition) is 0. The summed E-state index contributed by atoms with van der Waals surface area (Å²) in [5.41, 5.74) is 18.1. The maximum Gasteiger partial charge on any atom is 0.238 e. The van der Waals surface area contributed by atoms with Gasteiger partial charge < -0.3 is 13.7 Å². The number of nitrogens with zero attached hydrogens (tertiary/aromatic N) is 9. The predicted octanol–water partition coefficient (Wildman–Crippen LogP) is 19.4. The zero-order valence-corrected chi connectivity index (χ0v) is 47.3. The smallest absolute Gasteiger partial charge is 0.238 e. The number of rotatable bonds is 9. The molecule has 0 saturated heterocycles. The quantitative estimate of drug-likeness (QED) is 0.144. The van der Waals surface area contributed by atoms with Crippen LogP contribution in [0, 0.1) is 0 Å². The first-order valence-corrected chi connectivity index (χ1v) is 29.7. The van der Waals surface area contributed by atoms with E-state index in [9.17, 15) is 0 Å². The van der Waals surface area contributed by atoms with Gasteiger partial charge in [-0.15, -0.1) is 0 Å². The average molecular weight is 1120 g/mol. The van der Waals surface area contributed by atoms with Gasteiger partial charge in [-0.2, -0.15) is 9.97 Å².